The summed E-state index contributed by atoms with van der Waals surface area (Å²) < 4.78 is 0. The number of allylic oxidation sites excluding steroid dienone is 3. The van der Waals surface area contributed by atoms with Crippen molar-refractivity contribution in [3.63, 3.8) is 0 Å². The molecule has 1 unspecified atom stereocenters. The van der Waals surface area contributed by atoms with E-state index in [1.54, 1.807) is 0 Å². The number of hydrogen-bond acceptors (Lipinski definition) is 2. The first kappa shape index (κ1) is 18.9. The molecular formula is C18H32N2. The Bertz CT molecular complexity index is 387. The van der Waals surface area contributed by atoms with Crippen LogP contribution < -0.4 is 5.32 Å². The minimum atomic E-state index is 0.0229. The van der Waals surface area contributed by atoms with Crippen molar-refractivity contribution in [3.8, 4) is 0 Å². The number of nitrogens with one attached hydrogen (secondary N) is 2. The van der Waals surface area contributed by atoms with Crippen LogP contribution in [0.1, 0.15) is 48.0 Å². The van der Waals surface area contributed by atoms with Crippen LogP contribution in [-0.4, -0.2) is 19.3 Å². The Morgan fingerprint density at radius 1 is 1.10 bits per heavy atom. The monoisotopic (exact) mass is 276 g/mol. The molecule has 0 radical (unpaired) electrons. The maximum atomic E-state index is 7.55. The van der Waals surface area contributed by atoms with Gasteiger partial charge in [0.25, 0.3) is 0 Å². The Balaban J connectivity index is 5.14. The topological polar surface area (TPSA) is 35.9 Å². The lowest BCUT2D eigenvalue weighted by atomic mass is 9.84. The van der Waals surface area contributed by atoms with Gasteiger partial charge in [-0.15, -0.1) is 0 Å². The molecule has 2 nitrogen and oxygen atoms in total. The van der Waals surface area contributed by atoms with Gasteiger partial charge in [0.1, 0.15) is 0 Å². The second-order valence-electron chi connectivity index (χ2n) is 7.26. The number of rotatable bonds is 6. The van der Waals surface area contributed by atoms with Gasteiger partial charge in [-0.05, 0) is 35.4 Å². The first-order valence-corrected chi connectivity index (χ1v) is 7.29. The first-order chi connectivity index (χ1) is 9.06. The molecule has 20 heavy (non-hydrogen) atoms. The van der Waals surface area contributed by atoms with Crippen molar-refractivity contribution >= 4 is 6.21 Å². The van der Waals surface area contributed by atoms with Gasteiger partial charge in [0.05, 0.1) is 0 Å². The molecule has 0 bridgehead atoms. The van der Waals surface area contributed by atoms with Crippen molar-refractivity contribution in [2.75, 3.05) is 7.05 Å². The molecule has 0 aliphatic heterocycles. The lowest BCUT2D eigenvalue weighted by molar-refractivity contribution is 0.506. The quantitative estimate of drug-likeness (QED) is 0.533. The van der Waals surface area contributed by atoms with E-state index < -0.39 is 0 Å². The predicted molar refractivity (Wildman–Crippen MR) is 91.5 cm³/mol. The molecule has 0 rings (SSSR count). The fraction of sp³-hybridized carbons (Fsp3) is 0.611. The molecule has 0 aromatic carbocycles. The molecule has 0 heterocycles. The maximum absolute atomic E-state index is 7.55. The molecule has 2 heteroatoms. The molecule has 0 saturated heterocycles. The van der Waals surface area contributed by atoms with Gasteiger partial charge in [-0.1, -0.05) is 66.3 Å². The summed E-state index contributed by atoms with van der Waals surface area (Å²) in [6.45, 7) is 16.9. The lowest BCUT2D eigenvalue weighted by Gasteiger charge is -2.23. The van der Waals surface area contributed by atoms with Crippen molar-refractivity contribution < 1.29 is 0 Å². The summed E-state index contributed by atoms with van der Waals surface area (Å²) >= 11 is 0. The van der Waals surface area contributed by atoms with E-state index >= 15 is 0 Å². The molecule has 0 aliphatic rings. The van der Waals surface area contributed by atoms with Crippen LogP contribution in [0.2, 0.25) is 0 Å². The van der Waals surface area contributed by atoms with E-state index in [0.717, 1.165) is 12.0 Å². The van der Waals surface area contributed by atoms with Gasteiger partial charge < -0.3 is 10.7 Å². The van der Waals surface area contributed by atoms with E-state index in [-0.39, 0.29) is 16.9 Å². The first-order valence-electron chi connectivity index (χ1n) is 7.29. The van der Waals surface area contributed by atoms with Crippen molar-refractivity contribution in [2.45, 2.75) is 54.0 Å². The fourth-order valence-corrected chi connectivity index (χ4v) is 1.95. The summed E-state index contributed by atoms with van der Waals surface area (Å²) in [5.41, 5.74) is 2.45. The van der Waals surface area contributed by atoms with Gasteiger partial charge in [-0.3, -0.25) is 0 Å². The Morgan fingerprint density at radius 3 is 1.90 bits per heavy atom. The molecule has 2 N–H and O–H groups in total. The van der Waals surface area contributed by atoms with Gasteiger partial charge >= 0.3 is 0 Å². The highest BCUT2D eigenvalue weighted by Gasteiger charge is 2.17. The van der Waals surface area contributed by atoms with Crippen LogP contribution in [-0.2, 0) is 0 Å². The number of hydrogen-bond donors (Lipinski definition) is 2. The zero-order chi connectivity index (χ0) is 16.0. The summed E-state index contributed by atoms with van der Waals surface area (Å²) in [6, 6.07) is 0.263. The Labute approximate surface area is 125 Å². The van der Waals surface area contributed by atoms with E-state index in [1.807, 2.05) is 13.1 Å². The van der Waals surface area contributed by atoms with Crippen LogP contribution in [0.3, 0.4) is 0 Å². The van der Waals surface area contributed by atoms with Crippen LogP contribution in [0.25, 0.3) is 0 Å². The summed E-state index contributed by atoms with van der Waals surface area (Å²) in [7, 11) is 1.97. The average Bonchev–Trinajstić information content (AvgIpc) is 2.30. The molecule has 1 atom stereocenters. The Hall–Kier alpha value is -1.15. The number of likely N-dealkylation sites (N-methyl/N-ethyl adjacent to an activating group) is 1. The smallest absolute Gasteiger partial charge is 0.0287 e. The standard InChI is InChI=1S/C18H32N2/c1-9-14(17(2,3)4)12-16(20-8)11-10-15(13-19)18(5,6)7/h9-10,12-13,16,19-20H,1,11H2,2-8H3/b14-12+,15-10+,19-13?. The van der Waals surface area contributed by atoms with Crippen LogP contribution in [0.15, 0.2) is 36.0 Å². The van der Waals surface area contributed by atoms with E-state index in [0.29, 0.717) is 0 Å². The van der Waals surface area contributed by atoms with Gasteiger partial charge in [-0.2, -0.15) is 0 Å². The highest BCUT2D eigenvalue weighted by Crippen LogP contribution is 2.27. The Kier molecular flexibility index (Phi) is 7.15. The third-order valence-electron chi connectivity index (χ3n) is 3.45. The molecule has 0 spiro atoms. The van der Waals surface area contributed by atoms with E-state index in [9.17, 15) is 0 Å². The van der Waals surface area contributed by atoms with E-state index in [4.69, 9.17) is 5.41 Å². The molecule has 0 aromatic rings. The fourth-order valence-electron chi connectivity index (χ4n) is 1.95. The van der Waals surface area contributed by atoms with E-state index in [1.165, 1.54) is 11.8 Å². The summed E-state index contributed by atoms with van der Waals surface area (Å²) in [4.78, 5) is 0. The maximum Gasteiger partial charge on any atom is 0.0287 e. The second kappa shape index (κ2) is 7.58. The normalized spacial score (nSPS) is 15.9. The van der Waals surface area contributed by atoms with Crippen LogP contribution in [0.4, 0.5) is 0 Å². The highest BCUT2D eigenvalue weighted by molar-refractivity contribution is 5.77. The van der Waals surface area contributed by atoms with Gasteiger partial charge in [0.2, 0.25) is 0 Å². The van der Waals surface area contributed by atoms with Crippen molar-refractivity contribution in [1.82, 2.24) is 5.32 Å². The SMILES string of the molecule is C=C/C(=C\C(C/C=C(\C=N)C(C)(C)C)NC)C(C)(C)C. The molecule has 0 aromatic heterocycles. The van der Waals surface area contributed by atoms with Crippen LogP contribution in [0, 0.1) is 16.2 Å². The molecule has 114 valence electrons. The average molecular weight is 276 g/mol. The second-order valence-corrected chi connectivity index (χ2v) is 7.26. The summed E-state index contributed by atoms with van der Waals surface area (Å²) in [5, 5.41) is 10.9. The van der Waals surface area contributed by atoms with Gasteiger partial charge in [0, 0.05) is 12.3 Å². The minimum Gasteiger partial charge on any atom is -0.313 e. The largest absolute Gasteiger partial charge is 0.313 e. The summed E-state index contributed by atoms with van der Waals surface area (Å²) in [5.74, 6) is 0. The third-order valence-corrected chi connectivity index (χ3v) is 3.45. The van der Waals surface area contributed by atoms with Crippen molar-refractivity contribution in [3.05, 3.63) is 36.0 Å². The van der Waals surface area contributed by atoms with Crippen LogP contribution in [0.5, 0.6) is 0 Å². The van der Waals surface area contributed by atoms with Gasteiger partial charge in [0.15, 0.2) is 0 Å². The zero-order valence-corrected chi connectivity index (χ0v) is 14.3. The predicted octanol–water partition coefficient (Wildman–Crippen LogP) is 4.75. The van der Waals surface area contributed by atoms with Gasteiger partial charge in [-0.25, -0.2) is 0 Å². The minimum absolute atomic E-state index is 0.0229. The highest BCUT2D eigenvalue weighted by atomic mass is 14.9. The Morgan fingerprint density at radius 2 is 1.60 bits per heavy atom. The molecule has 0 amide bonds. The van der Waals surface area contributed by atoms with E-state index in [2.05, 4.69) is 65.6 Å². The van der Waals surface area contributed by atoms with Crippen molar-refractivity contribution in [2.24, 2.45) is 10.8 Å². The summed E-state index contributed by atoms with van der Waals surface area (Å²) in [6.07, 6.45) is 8.69. The van der Waals surface area contributed by atoms with Crippen LogP contribution >= 0.6 is 0 Å². The zero-order valence-electron chi connectivity index (χ0n) is 14.3. The lowest BCUT2D eigenvalue weighted by Crippen LogP contribution is -2.24. The molecular weight excluding hydrogens is 244 g/mol. The molecule has 0 fully saturated rings. The molecule has 0 saturated carbocycles. The molecule has 0 aliphatic carbocycles. The van der Waals surface area contributed by atoms with Crippen molar-refractivity contribution in [1.29, 1.82) is 5.41 Å². The third kappa shape index (κ3) is 6.33.